The number of amides is 4. The summed E-state index contributed by atoms with van der Waals surface area (Å²) in [7, 11) is -4.18. The SMILES string of the molecule is CCC(C)N(C(=O)O)[C@@H]1C(=O)N2[C@@H](C[C@@](C)(Oc3nccc4c5c(ccc34)OCCO5)C2(F)F)C(=O)N[C@]2(C(=O)NS(=O)(=O)C3(C)CC3)C[C@H]2/C=C\CC[C@@H](C)O[C@H]1C. The average Bonchev–Trinajstić information content (AvgIpc) is 4.09. The van der Waals surface area contributed by atoms with E-state index in [1.165, 1.54) is 27.0 Å². The first-order chi connectivity index (χ1) is 27.7. The number of hydrogen-bond donors (Lipinski definition) is 3. The van der Waals surface area contributed by atoms with Gasteiger partial charge in [0.1, 0.15) is 30.8 Å². The molecule has 322 valence electrons. The van der Waals surface area contributed by atoms with E-state index in [4.69, 9.17) is 18.9 Å². The van der Waals surface area contributed by atoms with Crippen LogP contribution in [-0.4, -0.2) is 118 Å². The minimum atomic E-state index is -4.34. The van der Waals surface area contributed by atoms with Crippen LogP contribution in [0.4, 0.5) is 13.6 Å². The van der Waals surface area contributed by atoms with Gasteiger partial charge in [-0.2, -0.15) is 8.78 Å². The number of alkyl halides is 2. The molecule has 0 bridgehead atoms. The van der Waals surface area contributed by atoms with Gasteiger partial charge in [-0.05, 0) is 91.3 Å². The molecule has 2 aromatic rings. The lowest BCUT2D eigenvalue weighted by atomic mass is 9.99. The Hall–Kier alpha value is -4.78. The number of benzene rings is 1. The number of carbonyl (C=O) groups excluding carboxylic acids is 3. The van der Waals surface area contributed by atoms with Crippen LogP contribution in [-0.2, 0) is 29.1 Å². The average molecular weight is 848 g/mol. The number of carbonyl (C=O) groups is 4. The molecule has 3 N–H and O–H groups in total. The van der Waals surface area contributed by atoms with Crippen molar-refractivity contribution in [1.82, 2.24) is 24.8 Å². The van der Waals surface area contributed by atoms with Gasteiger partial charge in [-0.1, -0.05) is 19.1 Å². The molecule has 5 aliphatic rings. The minimum absolute atomic E-state index is 0.0419. The minimum Gasteiger partial charge on any atom is -0.486 e. The first kappa shape index (κ1) is 42.3. The largest absolute Gasteiger partial charge is 0.486 e. The van der Waals surface area contributed by atoms with E-state index in [-0.39, 0.29) is 35.6 Å². The fraction of sp³-hybridized carbons (Fsp3) is 0.625. The maximum atomic E-state index is 17.6. The number of aromatic nitrogens is 1. The smallest absolute Gasteiger partial charge is 0.408 e. The third-order valence-corrected chi connectivity index (χ3v) is 14.7. The van der Waals surface area contributed by atoms with Crippen molar-refractivity contribution in [1.29, 1.82) is 0 Å². The third kappa shape index (κ3) is 7.31. The van der Waals surface area contributed by atoms with Gasteiger partial charge in [0.25, 0.3) is 11.8 Å². The van der Waals surface area contributed by atoms with Crippen LogP contribution in [0.2, 0.25) is 0 Å². The highest BCUT2D eigenvalue weighted by Gasteiger charge is 2.71. The number of sulfonamides is 1. The summed E-state index contributed by atoms with van der Waals surface area (Å²) in [4.78, 5) is 61.7. The lowest BCUT2D eigenvalue weighted by molar-refractivity contribution is -0.220. The number of pyridine rings is 1. The second-order valence-electron chi connectivity index (χ2n) is 16.8. The molecule has 7 rings (SSSR count). The molecular weight excluding hydrogens is 797 g/mol. The Labute approximate surface area is 341 Å². The number of carboxylic acid groups (broad SMARTS) is 1. The van der Waals surface area contributed by atoms with Crippen LogP contribution in [0.15, 0.2) is 36.5 Å². The Morgan fingerprint density at radius 3 is 2.51 bits per heavy atom. The van der Waals surface area contributed by atoms with Crippen molar-refractivity contribution in [3.8, 4) is 17.4 Å². The molecule has 4 amide bonds. The highest BCUT2D eigenvalue weighted by atomic mass is 32.2. The summed E-state index contributed by atoms with van der Waals surface area (Å²) in [6.45, 7) is 9.38. The van der Waals surface area contributed by atoms with Gasteiger partial charge in [0.2, 0.25) is 21.8 Å². The number of nitrogens with one attached hydrogen (secondary N) is 2. The Morgan fingerprint density at radius 2 is 1.83 bits per heavy atom. The highest BCUT2D eigenvalue weighted by Crippen LogP contribution is 2.52. The van der Waals surface area contributed by atoms with Gasteiger partial charge in [0.05, 0.1) is 17.0 Å². The van der Waals surface area contributed by atoms with Gasteiger partial charge in [0, 0.05) is 35.3 Å². The maximum Gasteiger partial charge on any atom is 0.408 e. The van der Waals surface area contributed by atoms with Crippen LogP contribution in [0.5, 0.6) is 17.4 Å². The summed E-state index contributed by atoms with van der Waals surface area (Å²) in [5, 5.41) is 13.8. The molecular formula is C40H51F2N5O11S. The van der Waals surface area contributed by atoms with E-state index in [1.807, 2.05) is 0 Å². The third-order valence-electron chi connectivity index (χ3n) is 12.5. The Balaban J connectivity index is 1.34. The van der Waals surface area contributed by atoms with Crippen molar-refractivity contribution in [2.24, 2.45) is 5.92 Å². The van der Waals surface area contributed by atoms with Crippen LogP contribution >= 0.6 is 0 Å². The van der Waals surface area contributed by atoms with Crippen molar-refractivity contribution >= 4 is 44.6 Å². The predicted molar refractivity (Wildman–Crippen MR) is 207 cm³/mol. The van der Waals surface area contributed by atoms with Crippen molar-refractivity contribution in [2.45, 2.75) is 139 Å². The lowest BCUT2D eigenvalue weighted by Gasteiger charge is -2.42. The second-order valence-corrected chi connectivity index (χ2v) is 19.0. The molecule has 1 saturated heterocycles. The van der Waals surface area contributed by atoms with Crippen molar-refractivity contribution in [2.75, 3.05) is 13.2 Å². The molecule has 1 aromatic carbocycles. The van der Waals surface area contributed by atoms with Gasteiger partial charge in [-0.15, -0.1) is 0 Å². The fourth-order valence-electron chi connectivity index (χ4n) is 8.30. The molecule has 3 aliphatic heterocycles. The van der Waals surface area contributed by atoms with Crippen molar-refractivity contribution in [3.63, 3.8) is 0 Å². The zero-order valence-electron chi connectivity index (χ0n) is 33.8. The molecule has 1 unspecified atom stereocenters. The van der Waals surface area contributed by atoms with E-state index >= 15 is 13.6 Å². The molecule has 4 heterocycles. The first-order valence-corrected chi connectivity index (χ1v) is 21.5. The molecule has 19 heteroatoms. The zero-order chi connectivity index (χ0) is 42.9. The number of fused-ring (bicyclic) bond motifs is 5. The van der Waals surface area contributed by atoms with E-state index < -0.39 is 98.4 Å². The van der Waals surface area contributed by atoms with E-state index in [2.05, 4.69) is 15.0 Å². The van der Waals surface area contributed by atoms with Crippen LogP contribution in [0.25, 0.3) is 10.8 Å². The summed E-state index contributed by atoms with van der Waals surface area (Å²) >= 11 is 0. The molecule has 2 saturated carbocycles. The Bertz CT molecular complexity index is 2190. The number of allylic oxidation sites excluding steroid dienone is 1. The molecule has 1 aromatic heterocycles. The fourth-order valence-corrected chi connectivity index (χ4v) is 9.62. The van der Waals surface area contributed by atoms with Gasteiger partial charge >= 0.3 is 12.1 Å². The second kappa shape index (κ2) is 15.0. The van der Waals surface area contributed by atoms with Gasteiger partial charge in [-0.3, -0.25) is 28.9 Å². The summed E-state index contributed by atoms with van der Waals surface area (Å²) in [5.74, 6) is -3.88. The molecule has 16 nitrogen and oxygen atoms in total. The van der Waals surface area contributed by atoms with Crippen molar-refractivity contribution in [3.05, 3.63) is 36.5 Å². The van der Waals surface area contributed by atoms with Crippen LogP contribution in [0.1, 0.15) is 86.5 Å². The van der Waals surface area contributed by atoms with Crippen LogP contribution in [0.3, 0.4) is 0 Å². The van der Waals surface area contributed by atoms with Gasteiger partial charge < -0.3 is 29.4 Å². The number of hydrogen-bond acceptors (Lipinski definition) is 11. The standard InChI is InChI=1S/C40H51F2N5O11S/c1-7-22(2)46(36(51)52)30-24(4)57-23(3)10-8-9-11-25-20-39(25,35(50)45-59(53,54)37(5)15-16-37)44-32(48)28-21-38(6,40(41,42)47(28)34(30)49)58-33-27-12-13-29-31(56-19-18-55-29)26(27)14-17-43-33/h9,11-14,17,22-25,28,30H,7-8,10,15-16,18-21H2,1-6H3,(H,44,48)(H,45,50)(H,51,52)/b11-9-/t22?,23-,24+,25-,28+,30+,38-,39-/m1/s1. The van der Waals surface area contributed by atoms with E-state index in [9.17, 15) is 27.9 Å². The van der Waals surface area contributed by atoms with Crippen LogP contribution in [0, 0.1) is 5.92 Å². The number of nitrogens with zero attached hydrogens (tertiary/aromatic N) is 3. The lowest BCUT2D eigenvalue weighted by Crippen LogP contribution is -2.65. The summed E-state index contributed by atoms with van der Waals surface area (Å²) in [5.41, 5.74) is -4.56. The monoisotopic (exact) mass is 847 g/mol. The quantitative estimate of drug-likeness (QED) is 0.248. The van der Waals surface area contributed by atoms with Gasteiger partial charge in [0.15, 0.2) is 17.1 Å². The Kier molecular flexibility index (Phi) is 10.8. The zero-order valence-corrected chi connectivity index (χ0v) is 34.6. The van der Waals surface area contributed by atoms with Crippen molar-refractivity contribution < 1.29 is 60.4 Å². The molecule has 2 aliphatic carbocycles. The van der Waals surface area contributed by atoms with E-state index in [0.717, 1.165) is 11.8 Å². The topological polar surface area (TPSA) is 203 Å². The predicted octanol–water partition coefficient (Wildman–Crippen LogP) is 4.50. The number of rotatable bonds is 8. The molecule has 0 radical (unpaired) electrons. The summed E-state index contributed by atoms with van der Waals surface area (Å²) < 4.78 is 86.5. The normalized spacial score (nSPS) is 32.3. The first-order valence-electron chi connectivity index (χ1n) is 20.0. The molecule has 3 fully saturated rings. The summed E-state index contributed by atoms with van der Waals surface area (Å²) in [6, 6.07) is -4.40. The van der Waals surface area contributed by atoms with Crippen LogP contribution < -0.4 is 24.2 Å². The molecule has 59 heavy (non-hydrogen) atoms. The van der Waals surface area contributed by atoms with Gasteiger partial charge in [-0.25, -0.2) is 18.2 Å². The Morgan fingerprint density at radius 1 is 1.12 bits per heavy atom. The highest BCUT2D eigenvalue weighted by molar-refractivity contribution is 7.91. The number of ether oxygens (including phenoxy) is 4. The molecule has 0 spiro atoms. The molecule has 8 atom stereocenters. The van der Waals surface area contributed by atoms with E-state index in [0.29, 0.717) is 49.2 Å². The van der Waals surface area contributed by atoms with E-state index in [1.54, 1.807) is 44.2 Å². The number of halogens is 2. The maximum absolute atomic E-state index is 17.6. The summed E-state index contributed by atoms with van der Waals surface area (Å²) in [6.07, 6.45) is 1.99.